The van der Waals surface area contributed by atoms with Gasteiger partial charge in [-0.05, 0) is 54.5 Å². The van der Waals surface area contributed by atoms with Crippen molar-refractivity contribution >= 4 is 10.0 Å². The van der Waals surface area contributed by atoms with Gasteiger partial charge in [0.15, 0.2) is 0 Å². The molecule has 0 aromatic heterocycles. The van der Waals surface area contributed by atoms with E-state index in [9.17, 15) is 8.42 Å². The van der Waals surface area contributed by atoms with Crippen LogP contribution in [-0.2, 0) is 16.6 Å². The largest absolute Gasteiger partial charge is 0.493 e. The average Bonchev–Trinajstić information content (AvgIpc) is 2.72. The summed E-state index contributed by atoms with van der Waals surface area (Å²) in [5, 5.41) is 5.26. The van der Waals surface area contributed by atoms with Gasteiger partial charge in [-0.15, -0.1) is 0 Å². The Morgan fingerprint density at radius 2 is 1.77 bits per heavy atom. The van der Waals surface area contributed by atoms with E-state index in [1.807, 2.05) is 18.2 Å². The summed E-state index contributed by atoms with van der Waals surface area (Å²) in [5.74, 6) is 1.96. The van der Waals surface area contributed by atoms with Gasteiger partial charge >= 0.3 is 0 Å². The minimum atomic E-state index is -3.44. The van der Waals surface area contributed by atoms with E-state index in [1.54, 1.807) is 0 Å². The van der Waals surface area contributed by atoms with Gasteiger partial charge in [0.2, 0.25) is 10.0 Å². The van der Waals surface area contributed by atoms with Crippen molar-refractivity contribution in [3.8, 4) is 5.75 Å². The maximum atomic E-state index is 11.5. The van der Waals surface area contributed by atoms with Crippen LogP contribution in [0.4, 0.5) is 0 Å². The Hall–Kier alpha value is -1.89. The minimum Gasteiger partial charge on any atom is -0.493 e. The first-order valence-electron chi connectivity index (χ1n) is 10.8. The molecule has 3 rings (SSSR count). The molecule has 2 unspecified atom stereocenters. The number of piperidine rings is 1. The Bertz CT molecular complexity index is 882. The molecule has 1 heterocycles. The average molecular weight is 431 g/mol. The number of hydrogen-bond donors (Lipinski definition) is 1. The number of ether oxygens (including phenoxy) is 1. The predicted octanol–water partition coefficient (Wildman–Crippen LogP) is 4.01. The summed E-state index contributed by atoms with van der Waals surface area (Å²) < 4.78 is 29.1. The zero-order chi connectivity index (χ0) is 21.6. The van der Waals surface area contributed by atoms with Crippen LogP contribution in [0.2, 0.25) is 0 Å². The molecule has 0 aliphatic carbocycles. The van der Waals surface area contributed by atoms with Gasteiger partial charge in [0.1, 0.15) is 5.75 Å². The smallest absolute Gasteiger partial charge is 0.209 e. The Kier molecular flexibility index (Phi) is 7.92. The minimum absolute atomic E-state index is 0.0376. The fourth-order valence-electron chi connectivity index (χ4n) is 4.18. The third-order valence-corrected chi connectivity index (χ3v) is 6.81. The molecule has 1 aliphatic rings. The highest BCUT2D eigenvalue weighted by Crippen LogP contribution is 2.29. The molecule has 2 atom stereocenters. The molecule has 0 spiro atoms. The van der Waals surface area contributed by atoms with Gasteiger partial charge in [-0.3, -0.25) is 4.90 Å². The van der Waals surface area contributed by atoms with Gasteiger partial charge in [0.05, 0.1) is 12.4 Å². The second-order valence-corrected chi connectivity index (χ2v) is 10.5. The van der Waals surface area contributed by atoms with Gasteiger partial charge in [0.25, 0.3) is 0 Å². The van der Waals surface area contributed by atoms with Crippen molar-refractivity contribution in [1.82, 2.24) is 4.90 Å². The number of primary sulfonamides is 1. The summed E-state index contributed by atoms with van der Waals surface area (Å²) in [6, 6.07) is 18.7. The van der Waals surface area contributed by atoms with Crippen molar-refractivity contribution in [3.05, 3.63) is 65.7 Å². The molecule has 1 aliphatic heterocycles. The maximum absolute atomic E-state index is 11.5. The van der Waals surface area contributed by atoms with E-state index in [0.717, 1.165) is 31.8 Å². The topological polar surface area (TPSA) is 72.6 Å². The standard InChI is InChI=1S/C24H34N2O3S/c1-19(2)21-8-10-24(11-9-21)29-18-23-17-26(16-20-6-4-3-5-7-20)14-12-22(23)13-15-30(25,27)28/h3-11,19,22-23H,12-18H2,1-2H3,(H2,25,27,28). The number of likely N-dealkylation sites (tertiary alicyclic amines) is 1. The summed E-state index contributed by atoms with van der Waals surface area (Å²) in [5.41, 5.74) is 2.59. The van der Waals surface area contributed by atoms with Crippen LogP contribution in [0.1, 0.15) is 43.7 Å². The highest BCUT2D eigenvalue weighted by Gasteiger charge is 2.30. The molecule has 0 radical (unpaired) electrons. The summed E-state index contributed by atoms with van der Waals surface area (Å²) in [6.45, 7) is 7.70. The van der Waals surface area contributed by atoms with Crippen molar-refractivity contribution in [3.63, 3.8) is 0 Å². The van der Waals surface area contributed by atoms with Gasteiger partial charge in [-0.25, -0.2) is 13.6 Å². The molecule has 5 nitrogen and oxygen atoms in total. The van der Waals surface area contributed by atoms with E-state index in [0.29, 0.717) is 24.9 Å². The SMILES string of the molecule is CC(C)c1ccc(OCC2CN(Cc3ccccc3)CCC2CCS(N)(=O)=O)cc1. The second-order valence-electron chi connectivity index (χ2n) is 8.72. The van der Waals surface area contributed by atoms with Crippen LogP contribution in [0.25, 0.3) is 0 Å². The van der Waals surface area contributed by atoms with E-state index >= 15 is 0 Å². The van der Waals surface area contributed by atoms with E-state index in [-0.39, 0.29) is 11.7 Å². The number of sulfonamides is 1. The third kappa shape index (κ3) is 7.11. The lowest BCUT2D eigenvalue weighted by molar-refractivity contribution is 0.0746. The Morgan fingerprint density at radius 3 is 2.40 bits per heavy atom. The molecular weight excluding hydrogens is 396 g/mol. The van der Waals surface area contributed by atoms with Gasteiger partial charge in [0, 0.05) is 19.0 Å². The highest BCUT2D eigenvalue weighted by molar-refractivity contribution is 7.89. The molecule has 0 amide bonds. The first kappa shape index (κ1) is 22.8. The molecule has 0 saturated carbocycles. The lowest BCUT2D eigenvalue weighted by Crippen LogP contribution is -2.43. The molecule has 1 fully saturated rings. The summed E-state index contributed by atoms with van der Waals surface area (Å²) >= 11 is 0. The molecule has 2 N–H and O–H groups in total. The zero-order valence-electron chi connectivity index (χ0n) is 18.0. The predicted molar refractivity (Wildman–Crippen MR) is 122 cm³/mol. The van der Waals surface area contributed by atoms with Crippen molar-refractivity contribution in [2.45, 2.75) is 39.2 Å². The lowest BCUT2D eigenvalue weighted by Gasteiger charge is -2.38. The summed E-state index contributed by atoms with van der Waals surface area (Å²) in [4.78, 5) is 2.44. The van der Waals surface area contributed by atoms with Gasteiger partial charge in [-0.2, -0.15) is 0 Å². The normalized spacial score (nSPS) is 20.4. The van der Waals surface area contributed by atoms with E-state index < -0.39 is 10.0 Å². The van der Waals surface area contributed by atoms with Crippen LogP contribution in [0.3, 0.4) is 0 Å². The molecular formula is C24H34N2O3S. The van der Waals surface area contributed by atoms with E-state index in [1.165, 1.54) is 11.1 Å². The first-order chi connectivity index (χ1) is 14.3. The third-order valence-electron chi connectivity index (χ3n) is 6.01. The van der Waals surface area contributed by atoms with Crippen LogP contribution >= 0.6 is 0 Å². The quantitative estimate of drug-likeness (QED) is 0.652. The Labute approximate surface area is 181 Å². The van der Waals surface area contributed by atoms with E-state index in [2.05, 4.69) is 55.1 Å². The van der Waals surface area contributed by atoms with Crippen molar-refractivity contribution in [2.24, 2.45) is 17.0 Å². The number of nitrogens with zero attached hydrogens (tertiary/aromatic N) is 1. The van der Waals surface area contributed by atoms with E-state index in [4.69, 9.17) is 9.88 Å². The number of nitrogens with two attached hydrogens (primary N) is 1. The lowest BCUT2D eigenvalue weighted by atomic mass is 9.84. The van der Waals surface area contributed by atoms with Crippen LogP contribution in [0.15, 0.2) is 54.6 Å². The van der Waals surface area contributed by atoms with Gasteiger partial charge in [-0.1, -0.05) is 56.3 Å². The van der Waals surface area contributed by atoms with Gasteiger partial charge < -0.3 is 4.74 Å². The number of hydrogen-bond acceptors (Lipinski definition) is 4. The highest BCUT2D eigenvalue weighted by atomic mass is 32.2. The molecule has 2 aromatic rings. The number of rotatable bonds is 9. The fourth-order valence-corrected chi connectivity index (χ4v) is 4.81. The van der Waals surface area contributed by atoms with Crippen LogP contribution < -0.4 is 9.88 Å². The monoisotopic (exact) mass is 430 g/mol. The Morgan fingerprint density at radius 1 is 1.07 bits per heavy atom. The summed E-state index contributed by atoms with van der Waals surface area (Å²) in [7, 11) is -3.44. The molecule has 6 heteroatoms. The van der Waals surface area contributed by atoms with Crippen molar-refractivity contribution in [1.29, 1.82) is 0 Å². The van der Waals surface area contributed by atoms with Crippen LogP contribution in [0.5, 0.6) is 5.75 Å². The first-order valence-corrected chi connectivity index (χ1v) is 12.5. The van der Waals surface area contributed by atoms with Crippen molar-refractivity contribution < 1.29 is 13.2 Å². The fraction of sp³-hybridized carbons (Fsp3) is 0.500. The number of benzene rings is 2. The Balaban J connectivity index is 1.63. The molecule has 30 heavy (non-hydrogen) atoms. The van der Waals surface area contributed by atoms with Crippen LogP contribution in [-0.4, -0.2) is 38.8 Å². The van der Waals surface area contributed by atoms with Crippen molar-refractivity contribution in [2.75, 3.05) is 25.4 Å². The van der Waals surface area contributed by atoms with Crippen LogP contribution in [0, 0.1) is 11.8 Å². The zero-order valence-corrected chi connectivity index (χ0v) is 18.9. The molecule has 1 saturated heterocycles. The summed E-state index contributed by atoms with van der Waals surface area (Å²) in [6.07, 6.45) is 1.56. The molecule has 0 bridgehead atoms. The second kappa shape index (κ2) is 10.4. The maximum Gasteiger partial charge on any atom is 0.209 e. The molecule has 164 valence electrons. The molecule has 2 aromatic carbocycles.